The molecule has 1 N–H and O–H groups in total. The van der Waals surface area contributed by atoms with Crippen LogP contribution in [0, 0.1) is 5.92 Å². The van der Waals surface area contributed by atoms with E-state index in [4.69, 9.17) is 4.74 Å². The van der Waals surface area contributed by atoms with Gasteiger partial charge in [-0.05, 0) is 37.0 Å². The summed E-state index contributed by atoms with van der Waals surface area (Å²) in [5.41, 5.74) is 1.11. The van der Waals surface area contributed by atoms with Crippen molar-refractivity contribution >= 4 is 5.91 Å². The van der Waals surface area contributed by atoms with Gasteiger partial charge in [0.2, 0.25) is 5.91 Å². The minimum atomic E-state index is 0.191. The molecule has 0 spiro atoms. The van der Waals surface area contributed by atoms with E-state index in [0.717, 1.165) is 37.2 Å². The van der Waals surface area contributed by atoms with Crippen LogP contribution in [0.1, 0.15) is 31.7 Å². The van der Waals surface area contributed by atoms with E-state index in [1.165, 1.54) is 0 Å². The first-order valence-electron chi connectivity index (χ1n) is 6.29. The maximum Gasteiger partial charge on any atom is 0.223 e. The van der Waals surface area contributed by atoms with Crippen LogP contribution in [0.5, 0.6) is 5.75 Å². The van der Waals surface area contributed by atoms with Gasteiger partial charge in [0.25, 0.3) is 0 Å². The highest BCUT2D eigenvalue weighted by molar-refractivity contribution is 5.80. The zero-order valence-electron chi connectivity index (χ0n) is 10.2. The lowest BCUT2D eigenvalue weighted by atomic mass is 10.2. The summed E-state index contributed by atoms with van der Waals surface area (Å²) >= 11 is 0. The van der Waals surface area contributed by atoms with Crippen LogP contribution in [0.15, 0.2) is 24.3 Å². The lowest BCUT2D eigenvalue weighted by Gasteiger charge is -2.07. The fourth-order valence-corrected chi connectivity index (χ4v) is 1.60. The van der Waals surface area contributed by atoms with Crippen molar-refractivity contribution in [2.75, 3.05) is 6.61 Å². The number of hydrogen-bond donors (Lipinski definition) is 1. The summed E-state index contributed by atoms with van der Waals surface area (Å²) in [6, 6.07) is 7.90. The number of benzene rings is 1. The molecule has 1 aliphatic carbocycles. The van der Waals surface area contributed by atoms with Crippen LogP contribution in [0.2, 0.25) is 0 Å². The highest BCUT2D eigenvalue weighted by atomic mass is 16.5. The number of rotatable bonds is 6. The van der Waals surface area contributed by atoms with Gasteiger partial charge < -0.3 is 10.1 Å². The Hall–Kier alpha value is -1.51. The summed E-state index contributed by atoms with van der Waals surface area (Å²) < 4.78 is 5.50. The van der Waals surface area contributed by atoms with E-state index in [0.29, 0.717) is 6.54 Å². The number of amides is 1. The van der Waals surface area contributed by atoms with Gasteiger partial charge in [-0.3, -0.25) is 4.79 Å². The molecule has 3 nitrogen and oxygen atoms in total. The summed E-state index contributed by atoms with van der Waals surface area (Å²) in [4.78, 5) is 11.5. The Kier molecular flexibility index (Phi) is 4.02. The van der Waals surface area contributed by atoms with Crippen LogP contribution in [0.25, 0.3) is 0 Å². The highest BCUT2D eigenvalue weighted by Gasteiger charge is 2.29. The largest absolute Gasteiger partial charge is 0.494 e. The predicted molar refractivity (Wildman–Crippen MR) is 66.8 cm³/mol. The average Bonchev–Trinajstić information content (AvgIpc) is 3.19. The molecule has 1 aromatic carbocycles. The summed E-state index contributed by atoms with van der Waals surface area (Å²) in [6.45, 7) is 3.45. The zero-order chi connectivity index (χ0) is 12.1. The molecule has 1 aromatic rings. The lowest BCUT2D eigenvalue weighted by Crippen LogP contribution is -2.24. The lowest BCUT2D eigenvalue weighted by molar-refractivity contribution is -0.122. The van der Waals surface area contributed by atoms with Crippen LogP contribution in [-0.2, 0) is 11.3 Å². The Morgan fingerprint density at radius 2 is 2.06 bits per heavy atom. The highest BCUT2D eigenvalue weighted by Crippen LogP contribution is 2.28. The summed E-state index contributed by atoms with van der Waals surface area (Å²) in [6.07, 6.45) is 3.12. The van der Waals surface area contributed by atoms with E-state index in [1.807, 2.05) is 24.3 Å². The van der Waals surface area contributed by atoms with Crippen LogP contribution < -0.4 is 10.1 Å². The molecule has 0 atom stereocenters. The molecule has 0 aliphatic heterocycles. The molecule has 1 saturated carbocycles. The van der Waals surface area contributed by atoms with Crippen LogP contribution in [0.3, 0.4) is 0 Å². The minimum Gasteiger partial charge on any atom is -0.494 e. The second kappa shape index (κ2) is 5.71. The molecule has 0 saturated heterocycles. The standard InChI is InChI=1S/C14H19NO2/c1-2-9-17-13-7-3-11(4-8-13)10-15-14(16)12-5-6-12/h3-4,7-8,12H,2,5-6,9-10H2,1H3,(H,15,16). The Balaban J connectivity index is 1.78. The molecule has 92 valence electrons. The molecule has 1 aliphatic rings. The molecule has 0 bridgehead atoms. The Labute approximate surface area is 102 Å². The topological polar surface area (TPSA) is 38.3 Å². The smallest absolute Gasteiger partial charge is 0.223 e. The van der Waals surface area contributed by atoms with Gasteiger partial charge in [0, 0.05) is 12.5 Å². The third-order valence-electron chi connectivity index (χ3n) is 2.81. The van der Waals surface area contributed by atoms with E-state index in [1.54, 1.807) is 0 Å². The third kappa shape index (κ3) is 3.77. The third-order valence-corrected chi connectivity index (χ3v) is 2.81. The fraction of sp³-hybridized carbons (Fsp3) is 0.500. The first-order valence-corrected chi connectivity index (χ1v) is 6.29. The summed E-state index contributed by atoms with van der Waals surface area (Å²) in [5.74, 6) is 1.36. The zero-order valence-corrected chi connectivity index (χ0v) is 10.2. The van der Waals surface area contributed by atoms with E-state index in [-0.39, 0.29) is 11.8 Å². The maximum absolute atomic E-state index is 11.5. The summed E-state index contributed by atoms with van der Waals surface area (Å²) in [5, 5.41) is 2.94. The molecule has 0 radical (unpaired) electrons. The van der Waals surface area contributed by atoms with Gasteiger partial charge in [0.05, 0.1) is 6.61 Å². The molecule has 2 rings (SSSR count). The fourth-order valence-electron chi connectivity index (χ4n) is 1.60. The number of carbonyl (C=O) groups excluding carboxylic acids is 1. The number of carbonyl (C=O) groups is 1. The average molecular weight is 233 g/mol. The van der Waals surface area contributed by atoms with Crippen molar-refractivity contribution in [3.8, 4) is 5.75 Å². The van der Waals surface area contributed by atoms with E-state index in [2.05, 4.69) is 12.2 Å². The van der Waals surface area contributed by atoms with Gasteiger partial charge in [0.15, 0.2) is 0 Å². The first-order chi connectivity index (χ1) is 8.29. The van der Waals surface area contributed by atoms with Crippen molar-refractivity contribution in [1.29, 1.82) is 0 Å². The van der Waals surface area contributed by atoms with Crippen molar-refractivity contribution < 1.29 is 9.53 Å². The first kappa shape index (κ1) is 12.0. The molecular formula is C14H19NO2. The van der Waals surface area contributed by atoms with Crippen molar-refractivity contribution in [3.05, 3.63) is 29.8 Å². The SMILES string of the molecule is CCCOc1ccc(CNC(=O)C2CC2)cc1. The Bertz CT molecular complexity index is 368. The second-order valence-electron chi connectivity index (χ2n) is 4.48. The van der Waals surface area contributed by atoms with E-state index < -0.39 is 0 Å². The van der Waals surface area contributed by atoms with Gasteiger partial charge in [-0.25, -0.2) is 0 Å². The maximum atomic E-state index is 11.5. The Morgan fingerprint density at radius 1 is 1.35 bits per heavy atom. The minimum absolute atomic E-state index is 0.191. The molecule has 0 heterocycles. The second-order valence-corrected chi connectivity index (χ2v) is 4.48. The predicted octanol–water partition coefficient (Wildman–Crippen LogP) is 2.50. The van der Waals surface area contributed by atoms with Crippen LogP contribution in [0.4, 0.5) is 0 Å². The van der Waals surface area contributed by atoms with Crippen molar-refractivity contribution in [2.24, 2.45) is 5.92 Å². The van der Waals surface area contributed by atoms with Gasteiger partial charge in [-0.15, -0.1) is 0 Å². The monoisotopic (exact) mass is 233 g/mol. The number of ether oxygens (including phenoxy) is 1. The van der Waals surface area contributed by atoms with Gasteiger partial charge >= 0.3 is 0 Å². The van der Waals surface area contributed by atoms with E-state index in [9.17, 15) is 4.79 Å². The molecule has 0 aromatic heterocycles. The van der Waals surface area contributed by atoms with Gasteiger partial charge in [-0.1, -0.05) is 19.1 Å². The Morgan fingerprint density at radius 3 is 2.65 bits per heavy atom. The van der Waals surface area contributed by atoms with Gasteiger partial charge in [-0.2, -0.15) is 0 Å². The van der Waals surface area contributed by atoms with Crippen LogP contribution in [-0.4, -0.2) is 12.5 Å². The van der Waals surface area contributed by atoms with Crippen LogP contribution >= 0.6 is 0 Å². The summed E-state index contributed by atoms with van der Waals surface area (Å²) in [7, 11) is 0. The molecule has 1 amide bonds. The molecule has 3 heteroatoms. The van der Waals surface area contributed by atoms with Crippen molar-refractivity contribution in [2.45, 2.75) is 32.7 Å². The number of nitrogens with one attached hydrogen (secondary N) is 1. The molecule has 1 fully saturated rings. The van der Waals surface area contributed by atoms with Crippen molar-refractivity contribution in [1.82, 2.24) is 5.32 Å². The van der Waals surface area contributed by atoms with Gasteiger partial charge in [0.1, 0.15) is 5.75 Å². The normalized spacial score (nSPS) is 14.4. The molecule has 17 heavy (non-hydrogen) atoms. The molecular weight excluding hydrogens is 214 g/mol. The quantitative estimate of drug-likeness (QED) is 0.819. The molecule has 0 unspecified atom stereocenters. The van der Waals surface area contributed by atoms with E-state index >= 15 is 0 Å². The van der Waals surface area contributed by atoms with Crippen molar-refractivity contribution in [3.63, 3.8) is 0 Å². The number of hydrogen-bond acceptors (Lipinski definition) is 2.